The number of fused-ring (bicyclic) bond motifs is 1. The Labute approximate surface area is 175 Å². The summed E-state index contributed by atoms with van der Waals surface area (Å²) in [6, 6.07) is 22.3. The van der Waals surface area contributed by atoms with Crippen LogP contribution in [0.2, 0.25) is 0 Å². The van der Waals surface area contributed by atoms with Crippen molar-refractivity contribution in [2.24, 2.45) is 0 Å². The van der Waals surface area contributed by atoms with E-state index in [0.29, 0.717) is 13.1 Å². The number of amides is 2. The van der Waals surface area contributed by atoms with Crippen LogP contribution in [0.4, 0.5) is 0 Å². The number of thiophene rings is 1. The Bertz CT molecular complexity index is 970. The summed E-state index contributed by atoms with van der Waals surface area (Å²) in [5, 5.41) is 4.89. The van der Waals surface area contributed by atoms with Gasteiger partial charge in [-0.25, -0.2) is 0 Å². The quantitative estimate of drug-likeness (QED) is 0.665. The number of nitrogens with one attached hydrogen (secondary N) is 1. The van der Waals surface area contributed by atoms with Gasteiger partial charge in [0.05, 0.1) is 12.6 Å². The van der Waals surface area contributed by atoms with Crippen LogP contribution in [0.5, 0.6) is 0 Å². The van der Waals surface area contributed by atoms with Gasteiger partial charge in [-0.2, -0.15) is 0 Å². The van der Waals surface area contributed by atoms with Gasteiger partial charge in [-0.3, -0.25) is 9.59 Å². The van der Waals surface area contributed by atoms with E-state index in [1.54, 1.807) is 11.3 Å². The summed E-state index contributed by atoms with van der Waals surface area (Å²) in [7, 11) is 0. The molecule has 2 amide bonds. The van der Waals surface area contributed by atoms with Crippen LogP contribution in [0.25, 0.3) is 0 Å². The first-order valence-corrected chi connectivity index (χ1v) is 10.8. The second kappa shape index (κ2) is 9.05. The van der Waals surface area contributed by atoms with E-state index in [1.165, 1.54) is 11.1 Å². The van der Waals surface area contributed by atoms with Crippen LogP contribution in [0.15, 0.2) is 72.1 Å². The zero-order valence-corrected chi connectivity index (χ0v) is 17.0. The molecule has 0 unspecified atom stereocenters. The van der Waals surface area contributed by atoms with Gasteiger partial charge in [-0.05, 0) is 34.6 Å². The topological polar surface area (TPSA) is 49.4 Å². The Morgan fingerprint density at radius 3 is 2.55 bits per heavy atom. The lowest BCUT2D eigenvalue weighted by Crippen LogP contribution is -2.41. The molecule has 0 radical (unpaired) electrons. The van der Waals surface area contributed by atoms with Crippen LogP contribution < -0.4 is 5.32 Å². The Balaban J connectivity index is 1.44. The number of nitrogens with zero attached hydrogens (tertiary/aromatic N) is 1. The SMILES string of the molecule is O=C(CCC(=O)N1CCc2ccccc2[C@@H]1c1ccccc1)NCc1cccs1. The van der Waals surface area contributed by atoms with Gasteiger partial charge in [-0.1, -0.05) is 60.7 Å². The summed E-state index contributed by atoms with van der Waals surface area (Å²) >= 11 is 1.61. The molecule has 29 heavy (non-hydrogen) atoms. The van der Waals surface area contributed by atoms with Gasteiger partial charge in [0.1, 0.15) is 0 Å². The minimum atomic E-state index is -0.0946. The van der Waals surface area contributed by atoms with Crippen LogP contribution in [-0.2, 0) is 22.6 Å². The zero-order chi connectivity index (χ0) is 20.1. The average molecular weight is 405 g/mol. The number of hydrogen-bond acceptors (Lipinski definition) is 3. The fraction of sp³-hybridized carbons (Fsp3) is 0.250. The van der Waals surface area contributed by atoms with Crippen LogP contribution in [0, 0.1) is 0 Å². The van der Waals surface area contributed by atoms with E-state index in [9.17, 15) is 9.59 Å². The number of rotatable bonds is 6. The molecule has 0 aliphatic carbocycles. The van der Waals surface area contributed by atoms with Gasteiger partial charge in [-0.15, -0.1) is 11.3 Å². The van der Waals surface area contributed by atoms with Crippen molar-refractivity contribution in [3.8, 4) is 0 Å². The predicted molar refractivity (Wildman–Crippen MR) is 116 cm³/mol. The maximum atomic E-state index is 13.1. The molecule has 1 aliphatic heterocycles. The Hall–Kier alpha value is -2.92. The first kappa shape index (κ1) is 19.4. The van der Waals surface area contributed by atoms with E-state index >= 15 is 0 Å². The zero-order valence-electron chi connectivity index (χ0n) is 16.2. The van der Waals surface area contributed by atoms with Crippen LogP contribution in [-0.4, -0.2) is 23.3 Å². The normalized spacial score (nSPS) is 15.6. The summed E-state index contributed by atoms with van der Waals surface area (Å²) in [6.45, 7) is 1.20. The highest BCUT2D eigenvalue weighted by Gasteiger charge is 2.31. The molecule has 0 saturated carbocycles. The van der Waals surface area contributed by atoms with Gasteiger partial charge in [0, 0.05) is 24.3 Å². The standard InChI is InChI=1S/C24H24N2O2S/c27-22(25-17-20-10-6-16-29-20)12-13-23(28)26-15-14-18-7-4-5-11-21(18)24(26)19-8-2-1-3-9-19/h1-11,16,24H,12-15,17H2,(H,25,27)/t24-/m0/s1. The van der Waals surface area contributed by atoms with Crippen LogP contribution in [0.3, 0.4) is 0 Å². The van der Waals surface area contributed by atoms with E-state index in [4.69, 9.17) is 0 Å². The van der Waals surface area contributed by atoms with E-state index in [-0.39, 0.29) is 30.7 Å². The molecule has 2 aromatic carbocycles. The van der Waals surface area contributed by atoms with Gasteiger partial charge >= 0.3 is 0 Å². The first-order valence-electron chi connectivity index (χ1n) is 9.93. The maximum absolute atomic E-state index is 13.1. The number of carbonyl (C=O) groups excluding carboxylic acids is 2. The maximum Gasteiger partial charge on any atom is 0.223 e. The molecule has 1 atom stereocenters. The van der Waals surface area contributed by atoms with Crippen molar-refractivity contribution in [1.82, 2.24) is 10.2 Å². The number of hydrogen-bond donors (Lipinski definition) is 1. The van der Waals surface area contributed by atoms with Crippen molar-refractivity contribution in [3.05, 3.63) is 93.7 Å². The van der Waals surface area contributed by atoms with Crippen molar-refractivity contribution in [2.75, 3.05) is 6.54 Å². The van der Waals surface area contributed by atoms with Crippen molar-refractivity contribution in [1.29, 1.82) is 0 Å². The van der Waals surface area contributed by atoms with Crippen LogP contribution in [0.1, 0.15) is 40.5 Å². The third-order valence-corrected chi connectivity index (χ3v) is 6.20. The lowest BCUT2D eigenvalue weighted by atomic mass is 9.88. The molecule has 5 heteroatoms. The second-order valence-corrected chi connectivity index (χ2v) is 8.24. The Kier molecular flexibility index (Phi) is 6.06. The molecule has 1 N–H and O–H groups in total. The summed E-state index contributed by atoms with van der Waals surface area (Å²) in [4.78, 5) is 28.3. The molecule has 148 valence electrons. The van der Waals surface area contributed by atoms with Crippen molar-refractivity contribution < 1.29 is 9.59 Å². The fourth-order valence-corrected chi connectivity index (χ4v) is 4.53. The summed E-state index contributed by atoms with van der Waals surface area (Å²) in [6.07, 6.45) is 1.28. The third-order valence-electron chi connectivity index (χ3n) is 5.32. The van der Waals surface area contributed by atoms with Gasteiger partial charge < -0.3 is 10.2 Å². The molecule has 0 saturated heterocycles. The summed E-state index contributed by atoms with van der Waals surface area (Å²) in [5.74, 6) is -0.0555. The number of benzene rings is 2. The molecular weight excluding hydrogens is 380 g/mol. The molecule has 0 bridgehead atoms. The lowest BCUT2D eigenvalue weighted by molar-refractivity contribution is -0.135. The average Bonchev–Trinajstić information content (AvgIpc) is 3.29. The third kappa shape index (κ3) is 4.57. The van der Waals surface area contributed by atoms with Crippen molar-refractivity contribution >= 4 is 23.2 Å². The Morgan fingerprint density at radius 1 is 0.966 bits per heavy atom. The van der Waals surface area contributed by atoms with E-state index in [1.807, 2.05) is 46.7 Å². The molecular formula is C24H24N2O2S. The van der Waals surface area contributed by atoms with Gasteiger partial charge in [0.25, 0.3) is 0 Å². The first-order chi connectivity index (χ1) is 14.2. The smallest absolute Gasteiger partial charge is 0.223 e. The Morgan fingerprint density at radius 2 is 1.76 bits per heavy atom. The molecule has 1 aromatic heterocycles. The largest absolute Gasteiger partial charge is 0.351 e. The minimum Gasteiger partial charge on any atom is -0.351 e. The fourth-order valence-electron chi connectivity index (χ4n) is 3.88. The molecule has 3 aromatic rings. The van der Waals surface area contributed by atoms with E-state index < -0.39 is 0 Å². The monoisotopic (exact) mass is 404 g/mol. The van der Waals surface area contributed by atoms with Gasteiger partial charge in [0.2, 0.25) is 11.8 Å². The molecule has 1 aliphatic rings. The molecule has 4 nitrogen and oxygen atoms in total. The minimum absolute atomic E-state index is 0.0274. The summed E-state index contributed by atoms with van der Waals surface area (Å²) < 4.78 is 0. The van der Waals surface area contributed by atoms with Gasteiger partial charge in [0.15, 0.2) is 0 Å². The molecule has 2 heterocycles. The predicted octanol–water partition coefficient (Wildman–Crippen LogP) is 4.32. The van der Waals surface area contributed by atoms with E-state index in [0.717, 1.165) is 16.9 Å². The van der Waals surface area contributed by atoms with Crippen LogP contribution >= 0.6 is 11.3 Å². The van der Waals surface area contributed by atoms with Crippen molar-refractivity contribution in [3.63, 3.8) is 0 Å². The highest BCUT2D eigenvalue weighted by Crippen LogP contribution is 2.35. The number of carbonyl (C=O) groups is 2. The molecule has 4 rings (SSSR count). The molecule has 0 spiro atoms. The highest BCUT2D eigenvalue weighted by molar-refractivity contribution is 7.09. The highest BCUT2D eigenvalue weighted by atomic mass is 32.1. The second-order valence-electron chi connectivity index (χ2n) is 7.21. The van der Waals surface area contributed by atoms with E-state index in [2.05, 4.69) is 35.6 Å². The summed E-state index contributed by atoms with van der Waals surface area (Å²) in [5.41, 5.74) is 3.58. The lowest BCUT2D eigenvalue weighted by Gasteiger charge is -2.38. The molecule has 0 fully saturated rings. The van der Waals surface area contributed by atoms with Crippen molar-refractivity contribution in [2.45, 2.75) is 31.8 Å².